The fourth-order valence-electron chi connectivity index (χ4n) is 12.0. The van der Waals surface area contributed by atoms with Gasteiger partial charge in [-0.15, -0.1) is 0 Å². The second-order valence-electron chi connectivity index (χ2n) is 13.6. The minimum absolute atomic E-state index is 0.0677. The van der Waals surface area contributed by atoms with Crippen molar-refractivity contribution >= 4 is 11.9 Å². The minimum Gasteiger partial charge on any atom is -0.459 e. The number of likely N-dealkylation sites (tertiary alicyclic amines) is 1. The summed E-state index contributed by atoms with van der Waals surface area (Å²) in [5.74, 6) is -2.48. The molecule has 0 radical (unpaired) electrons. The molecule has 1 saturated heterocycles. The van der Waals surface area contributed by atoms with Gasteiger partial charge in [0.05, 0.1) is 12.2 Å². The number of fused-ring (bicyclic) bond motifs is 2. The lowest BCUT2D eigenvalue weighted by Gasteiger charge is -2.70. The summed E-state index contributed by atoms with van der Waals surface area (Å²) in [4.78, 5) is 27.3. The van der Waals surface area contributed by atoms with Crippen LogP contribution in [0.15, 0.2) is 0 Å². The summed E-state index contributed by atoms with van der Waals surface area (Å²) in [6.07, 6.45) is -0.116. The highest BCUT2D eigenvalue weighted by atomic mass is 16.6. The summed E-state index contributed by atoms with van der Waals surface area (Å²) < 4.78 is 24.7. The molecular formula is C29H45NO8. The summed E-state index contributed by atoms with van der Waals surface area (Å²) in [7, 11) is 5.65. The Balaban J connectivity index is 1.68. The van der Waals surface area contributed by atoms with Crippen LogP contribution in [0.3, 0.4) is 0 Å². The molecule has 214 valence electrons. The molecule has 7 bridgehead atoms. The fraction of sp³-hybridized carbons (Fsp3) is 0.931. The van der Waals surface area contributed by atoms with Crippen LogP contribution >= 0.6 is 0 Å². The number of piperidine rings is 1. The van der Waals surface area contributed by atoms with Crippen molar-refractivity contribution in [3.8, 4) is 0 Å². The number of hydrogen-bond acceptors (Lipinski definition) is 9. The van der Waals surface area contributed by atoms with Crippen molar-refractivity contribution in [1.82, 2.24) is 4.90 Å². The summed E-state index contributed by atoms with van der Waals surface area (Å²) in [6.45, 7) is 9.96. The Morgan fingerprint density at radius 2 is 1.63 bits per heavy atom. The quantitative estimate of drug-likeness (QED) is 0.507. The van der Waals surface area contributed by atoms with Crippen LogP contribution in [0.1, 0.15) is 53.9 Å². The standard InChI is InChI=1S/C29H45NO8/c1-9-26-12-30(6)23-20-21(36-8)22(26)28(23,18(35-7)10-13(26)2)17-11-27(33)14(3)24(37-15(4)31)29(20,34)19(17)25(27)38-16(5)32/h13-14,17-25,33-34H,9-12H2,1-8H3/t13-,14+,17-,18+,19-,20+,21+,22-,23?,24+,25-,26-,27+,28+,29-/m1/s1. The molecule has 0 aromatic rings. The van der Waals surface area contributed by atoms with Crippen molar-refractivity contribution in [1.29, 1.82) is 0 Å². The molecular weight excluding hydrogens is 490 g/mol. The Labute approximate surface area is 225 Å². The lowest BCUT2D eigenvalue weighted by atomic mass is 9.40. The number of carbonyl (C=O) groups excluding carboxylic acids is 2. The molecule has 1 aliphatic heterocycles. The van der Waals surface area contributed by atoms with Crippen LogP contribution in [-0.4, -0.2) is 96.5 Å². The Bertz CT molecular complexity index is 1040. The smallest absolute Gasteiger partial charge is 0.303 e. The van der Waals surface area contributed by atoms with Crippen molar-refractivity contribution in [3.05, 3.63) is 0 Å². The fourth-order valence-corrected chi connectivity index (χ4v) is 12.0. The van der Waals surface area contributed by atoms with Crippen molar-refractivity contribution in [2.75, 3.05) is 27.8 Å². The first-order chi connectivity index (χ1) is 17.8. The monoisotopic (exact) mass is 535 g/mol. The number of esters is 2. The highest BCUT2D eigenvalue weighted by Crippen LogP contribution is 2.81. The molecule has 1 unspecified atom stereocenters. The Morgan fingerprint density at radius 1 is 1.00 bits per heavy atom. The van der Waals surface area contributed by atoms with Gasteiger partial charge >= 0.3 is 11.9 Å². The molecule has 9 nitrogen and oxygen atoms in total. The molecule has 6 fully saturated rings. The Kier molecular flexibility index (Phi) is 5.78. The molecule has 5 saturated carbocycles. The van der Waals surface area contributed by atoms with E-state index in [1.807, 2.05) is 6.92 Å². The second kappa shape index (κ2) is 8.15. The van der Waals surface area contributed by atoms with Gasteiger partial charge in [-0.05, 0) is 43.6 Å². The van der Waals surface area contributed by atoms with Gasteiger partial charge in [0.25, 0.3) is 0 Å². The predicted octanol–water partition coefficient (Wildman–Crippen LogP) is 1.62. The summed E-state index contributed by atoms with van der Waals surface area (Å²) in [5, 5.41) is 25.6. The van der Waals surface area contributed by atoms with E-state index in [0.29, 0.717) is 12.3 Å². The van der Waals surface area contributed by atoms with E-state index in [1.54, 1.807) is 14.2 Å². The van der Waals surface area contributed by atoms with E-state index in [2.05, 4.69) is 25.8 Å². The van der Waals surface area contributed by atoms with Crippen molar-refractivity contribution in [2.45, 2.75) is 95.5 Å². The van der Waals surface area contributed by atoms with Gasteiger partial charge in [0.1, 0.15) is 23.4 Å². The van der Waals surface area contributed by atoms with Gasteiger partial charge < -0.3 is 34.1 Å². The second-order valence-corrected chi connectivity index (χ2v) is 13.6. The van der Waals surface area contributed by atoms with Crippen LogP contribution in [0.4, 0.5) is 0 Å². The van der Waals surface area contributed by atoms with E-state index in [9.17, 15) is 19.8 Å². The van der Waals surface area contributed by atoms with Gasteiger partial charge in [0, 0.05) is 69.7 Å². The van der Waals surface area contributed by atoms with Gasteiger partial charge in [-0.1, -0.05) is 20.8 Å². The normalized spacial score (nSPS) is 58.0. The first kappa shape index (κ1) is 26.9. The Morgan fingerprint density at radius 3 is 2.18 bits per heavy atom. The topological polar surface area (TPSA) is 115 Å². The highest BCUT2D eigenvalue weighted by Gasteiger charge is 2.90. The van der Waals surface area contributed by atoms with E-state index in [4.69, 9.17) is 18.9 Å². The molecule has 1 heterocycles. The number of ether oxygens (including phenoxy) is 4. The maximum atomic E-state index is 13.2. The van der Waals surface area contributed by atoms with Gasteiger partial charge in [-0.3, -0.25) is 9.59 Å². The van der Waals surface area contributed by atoms with E-state index in [1.165, 1.54) is 13.8 Å². The average molecular weight is 536 g/mol. The molecule has 0 aromatic carbocycles. The van der Waals surface area contributed by atoms with Gasteiger partial charge in [-0.25, -0.2) is 0 Å². The van der Waals surface area contributed by atoms with Crippen LogP contribution in [0.25, 0.3) is 0 Å². The van der Waals surface area contributed by atoms with Gasteiger partial charge in [-0.2, -0.15) is 0 Å². The molecule has 38 heavy (non-hydrogen) atoms. The number of rotatable bonds is 5. The van der Waals surface area contributed by atoms with Crippen molar-refractivity contribution < 1.29 is 38.7 Å². The lowest BCUT2D eigenvalue weighted by Crippen LogP contribution is -2.79. The molecule has 9 heteroatoms. The first-order valence-electron chi connectivity index (χ1n) is 14.4. The third kappa shape index (κ3) is 2.67. The summed E-state index contributed by atoms with van der Waals surface area (Å²) in [5.41, 5.74) is -3.52. The average Bonchev–Trinajstić information content (AvgIpc) is 3.25. The maximum Gasteiger partial charge on any atom is 0.303 e. The van der Waals surface area contributed by atoms with Crippen LogP contribution < -0.4 is 0 Å². The van der Waals surface area contributed by atoms with Gasteiger partial charge in [0.15, 0.2) is 0 Å². The molecule has 15 atom stereocenters. The molecule has 1 spiro atoms. The Hall–Kier alpha value is -1.26. The highest BCUT2D eigenvalue weighted by molar-refractivity contribution is 5.67. The van der Waals surface area contributed by atoms with E-state index in [-0.39, 0.29) is 35.5 Å². The lowest BCUT2D eigenvalue weighted by molar-refractivity contribution is -0.307. The molecule has 0 aromatic heterocycles. The van der Waals surface area contributed by atoms with Crippen molar-refractivity contribution in [3.63, 3.8) is 0 Å². The number of methoxy groups -OCH3 is 2. The molecule has 2 N–H and O–H groups in total. The zero-order valence-electron chi connectivity index (χ0n) is 24.0. The van der Waals surface area contributed by atoms with Crippen LogP contribution in [-0.2, 0) is 28.5 Å². The molecule has 6 aliphatic rings. The van der Waals surface area contributed by atoms with Crippen LogP contribution in [0.5, 0.6) is 0 Å². The number of aliphatic hydroxyl groups is 2. The first-order valence-corrected chi connectivity index (χ1v) is 14.4. The van der Waals surface area contributed by atoms with E-state index >= 15 is 0 Å². The third-order valence-corrected chi connectivity index (χ3v) is 12.8. The third-order valence-electron chi connectivity index (χ3n) is 12.8. The van der Waals surface area contributed by atoms with Crippen LogP contribution in [0, 0.1) is 46.3 Å². The zero-order valence-corrected chi connectivity index (χ0v) is 24.0. The van der Waals surface area contributed by atoms with E-state index in [0.717, 1.165) is 19.4 Å². The van der Waals surface area contributed by atoms with Crippen molar-refractivity contribution in [2.24, 2.45) is 46.3 Å². The zero-order chi connectivity index (χ0) is 27.7. The summed E-state index contributed by atoms with van der Waals surface area (Å²) in [6, 6.07) is -0.107. The largest absolute Gasteiger partial charge is 0.459 e. The number of hydrogen-bond donors (Lipinski definition) is 2. The SMILES string of the molecule is CC[C@]12CN(C)C3[C@@H]4[C@H](OC)[C@H]1[C@@]3([C@@H](OC)C[C@H]2C)[C@@H]1C[C@@]2(O)[C@H](OC(C)=O)[C@@H]1[C@]4(O)[C@@H](OC(C)=O)[C@@H]2C. The van der Waals surface area contributed by atoms with Crippen LogP contribution in [0.2, 0.25) is 0 Å². The van der Waals surface area contributed by atoms with Gasteiger partial charge in [0.2, 0.25) is 0 Å². The van der Waals surface area contributed by atoms with E-state index < -0.39 is 58.5 Å². The molecule has 6 rings (SSSR count). The minimum atomic E-state index is -1.56. The molecule has 0 amide bonds. The predicted molar refractivity (Wildman–Crippen MR) is 136 cm³/mol. The maximum absolute atomic E-state index is 13.2. The number of nitrogens with zero attached hydrogens (tertiary/aromatic N) is 1. The number of carbonyl (C=O) groups is 2. The molecule has 5 aliphatic carbocycles. The summed E-state index contributed by atoms with van der Waals surface area (Å²) >= 11 is 0.